The van der Waals surface area contributed by atoms with E-state index in [4.69, 9.17) is 4.99 Å². The lowest BCUT2D eigenvalue weighted by Gasteiger charge is -2.14. The van der Waals surface area contributed by atoms with Gasteiger partial charge < -0.3 is 0 Å². The summed E-state index contributed by atoms with van der Waals surface area (Å²) in [4.78, 5) is 6.30. The van der Waals surface area contributed by atoms with Crippen molar-refractivity contribution >= 4 is 27.2 Å². The highest BCUT2D eigenvalue weighted by Gasteiger charge is 2.31. The van der Waals surface area contributed by atoms with Crippen molar-refractivity contribution in [2.45, 2.75) is 24.3 Å². The lowest BCUT2D eigenvalue weighted by molar-refractivity contribution is 0.595. The molecule has 132 valence electrons. The molecular formula is C20H18N2O2S2. The van der Waals surface area contributed by atoms with E-state index >= 15 is 0 Å². The van der Waals surface area contributed by atoms with Crippen molar-refractivity contribution in [3.8, 4) is 0 Å². The predicted octanol–water partition coefficient (Wildman–Crippen LogP) is 4.08. The zero-order valence-electron chi connectivity index (χ0n) is 14.2. The van der Waals surface area contributed by atoms with Crippen LogP contribution >= 0.6 is 11.3 Å². The maximum absolute atomic E-state index is 12.4. The van der Waals surface area contributed by atoms with Crippen LogP contribution in [0.5, 0.6) is 0 Å². The van der Waals surface area contributed by atoms with E-state index in [1.807, 2.05) is 24.3 Å². The van der Waals surface area contributed by atoms with Crippen molar-refractivity contribution in [3.05, 3.63) is 87.6 Å². The number of nitrogens with zero attached hydrogens (tertiary/aromatic N) is 1. The van der Waals surface area contributed by atoms with Gasteiger partial charge in [-0.05, 0) is 48.1 Å². The minimum absolute atomic E-state index is 0.138. The highest BCUT2D eigenvalue weighted by molar-refractivity contribution is 7.90. The lowest BCUT2D eigenvalue weighted by atomic mass is 10.0. The maximum Gasteiger partial charge on any atom is 0.263 e. The van der Waals surface area contributed by atoms with E-state index in [-0.39, 0.29) is 6.04 Å². The predicted molar refractivity (Wildman–Crippen MR) is 105 cm³/mol. The first-order valence-electron chi connectivity index (χ1n) is 8.32. The number of benzene rings is 2. The van der Waals surface area contributed by atoms with E-state index in [2.05, 4.69) is 35.2 Å². The van der Waals surface area contributed by atoms with E-state index in [0.29, 0.717) is 16.3 Å². The number of nitrogens with one attached hydrogen (secondary N) is 1. The highest BCUT2D eigenvalue weighted by atomic mass is 32.2. The van der Waals surface area contributed by atoms with E-state index < -0.39 is 10.0 Å². The minimum atomic E-state index is -3.53. The second-order valence-electron chi connectivity index (χ2n) is 6.25. The smallest absolute Gasteiger partial charge is 0.263 e. The molecule has 26 heavy (non-hydrogen) atoms. The second kappa shape index (κ2) is 6.70. The standard InChI is InChI=1S/C20H18N2O2S2/c1-14-11-12-25-19(14)17(13-15-7-3-2-4-8-15)21-20-16-9-5-6-10-18(16)26(23,24)22-20/h2-12,17H,13H2,1H3,(H,21,22). The third-order valence-electron chi connectivity index (χ3n) is 4.42. The summed E-state index contributed by atoms with van der Waals surface area (Å²) in [6, 6.07) is 19.1. The average molecular weight is 383 g/mol. The number of rotatable bonds is 4. The van der Waals surface area contributed by atoms with Crippen molar-refractivity contribution in [2.24, 2.45) is 4.99 Å². The first-order valence-corrected chi connectivity index (χ1v) is 10.7. The van der Waals surface area contributed by atoms with Gasteiger partial charge in [0, 0.05) is 10.4 Å². The van der Waals surface area contributed by atoms with Gasteiger partial charge in [0.05, 0.1) is 10.9 Å². The Balaban J connectivity index is 1.78. The Hall–Kier alpha value is -2.44. The zero-order valence-corrected chi connectivity index (χ0v) is 15.8. The van der Waals surface area contributed by atoms with Crippen molar-refractivity contribution in [3.63, 3.8) is 0 Å². The van der Waals surface area contributed by atoms with Crippen molar-refractivity contribution in [1.29, 1.82) is 0 Å². The highest BCUT2D eigenvalue weighted by Crippen LogP contribution is 2.32. The molecule has 0 amide bonds. The molecule has 6 heteroatoms. The molecule has 0 aliphatic carbocycles. The molecule has 0 saturated heterocycles. The molecule has 0 saturated carbocycles. The Morgan fingerprint density at radius 2 is 1.77 bits per heavy atom. The lowest BCUT2D eigenvalue weighted by Crippen LogP contribution is -2.23. The van der Waals surface area contributed by atoms with Gasteiger partial charge >= 0.3 is 0 Å². The summed E-state index contributed by atoms with van der Waals surface area (Å²) in [7, 11) is -3.53. The maximum atomic E-state index is 12.4. The van der Waals surface area contributed by atoms with Gasteiger partial charge in [-0.2, -0.15) is 0 Å². The molecule has 1 aliphatic heterocycles. The molecule has 4 rings (SSSR count). The number of amidine groups is 1. The Labute approximate surface area is 157 Å². The normalized spacial score (nSPS) is 17.7. The topological polar surface area (TPSA) is 58.5 Å². The Morgan fingerprint density at radius 3 is 2.50 bits per heavy atom. The first kappa shape index (κ1) is 17.0. The molecule has 1 aromatic heterocycles. The SMILES string of the molecule is Cc1ccsc1C(Cc1ccccc1)N=C1NS(=O)(=O)c2ccccc21. The third kappa shape index (κ3) is 3.18. The Bertz CT molecular complexity index is 1070. The fraction of sp³-hybridized carbons (Fsp3) is 0.150. The van der Waals surface area contributed by atoms with Gasteiger partial charge in [0.1, 0.15) is 5.84 Å². The van der Waals surface area contributed by atoms with Gasteiger partial charge in [0.25, 0.3) is 10.0 Å². The van der Waals surface area contributed by atoms with Gasteiger partial charge in [0.15, 0.2) is 0 Å². The van der Waals surface area contributed by atoms with Crippen LogP contribution in [0.3, 0.4) is 0 Å². The number of hydrogen-bond acceptors (Lipinski definition) is 4. The molecule has 4 nitrogen and oxygen atoms in total. The van der Waals surface area contributed by atoms with Gasteiger partial charge in [-0.15, -0.1) is 11.3 Å². The van der Waals surface area contributed by atoms with Crippen LogP contribution in [0.15, 0.2) is 75.9 Å². The van der Waals surface area contributed by atoms with Crippen LogP contribution in [-0.4, -0.2) is 14.3 Å². The van der Waals surface area contributed by atoms with Crippen molar-refractivity contribution in [1.82, 2.24) is 4.72 Å². The minimum Gasteiger partial charge on any atom is -0.263 e. The fourth-order valence-electron chi connectivity index (χ4n) is 3.15. The fourth-order valence-corrected chi connectivity index (χ4v) is 5.35. The van der Waals surface area contributed by atoms with Gasteiger partial charge in [-0.3, -0.25) is 9.71 Å². The van der Waals surface area contributed by atoms with Gasteiger partial charge in [-0.25, -0.2) is 8.42 Å². The molecule has 0 radical (unpaired) electrons. The van der Waals surface area contributed by atoms with Crippen molar-refractivity contribution < 1.29 is 8.42 Å². The van der Waals surface area contributed by atoms with Crippen LogP contribution in [0.1, 0.15) is 27.6 Å². The number of hydrogen-bond donors (Lipinski definition) is 1. The van der Waals surface area contributed by atoms with E-state index in [1.54, 1.807) is 29.5 Å². The van der Waals surface area contributed by atoms with E-state index in [0.717, 1.165) is 11.3 Å². The monoisotopic (exact) mass is 382 g/mol. The Kier molecular flexibility index (Phi) is 4.38. The summed E-state index contributed by atoms with van der Waals surface area (Å²) in [5.41, 5.74) is 2.98. The largest absolute Gasteiger partial charge is 0.263 e. The summed E-state index contributed by atoms with van der Waals surface area (Å²) in [5, 5.41) is 2.05. The van der Waals surface area contributed by atoms with E-state index in [9.17, 15) is 8.42 Å². The summed E-state index contributed by atoms with van der Waals surface area (Å²) in [5.74, 6) is 0.425. The summed E-state index contributed by atoms with van der Waals surface area (Å²) < 4.78 is 27.4. The van der Waals surface area contributed by atoms with Crippen LogP contribution in [-0.2, 0) is 16.4 Å². The van der Waals surface area contributed by atoms with Gasteiger partial charge in [-0.1, -0.05) is 42.5 Å². The van der Waals surface area contributed by atoms with Crippen LogP contribution in [0.4, 0.5) is 0 Å². The molecule has 1 N–H and O–H groups in total. The molecule has 1 aliphatic rings. The molecule has 1 atom stereocenters. The summed E-state index contributed by atoms with van der Waals surface area (Å²) in [6.07, 6.45) is 0.718. The second-order valence-corrected chi connectivity index (χ2v) is 8.85. The molecule has 0 fully saturated rings. The van der Waals surface area contributed by atoms with E-state index in [1.165, 1.54) is 11.1 Å². The van der Waals surface area contributed by atoms with Gasteiger partial charge in [0.2, 0.25) is 0 Å². The number of sulfonamides is 1. The molecule has 2 heterocycles. The quantitative estimate of drug-likeness (QED) is 0.739. The number of fused-ring (bicyclic) bond motifs is 1. The van der Waals surface area contributed by atoms with Crippen LogP contribution in [0, 0.1) is 6.92 Å². The van der Waals surface area contributed by atoms with Crippen LogP contribution in [0.25, 0.3) is 0 Å². The molecule has 1 unspecified atom stereocenters. The molecule has 2 aromatic carbocycles. The summed E-state index contributed by atoms with van der Waals surface area (Å²) in [6.45, 7) is 2.07. The zero-order chi connectivity index (χ0) is 18.1. The first-order chi connectivity index (χ1) is 12.5. The molecular weight excluding hydrogens is 364 g/mol. The molecule has 3 aromatic rings. The summed E-state index contributed by atoms with van der Waals surface area (Å²) >= 11 is 1.66. The number of aliphatic imine (C=N–C) groups is 1. The average Bonchev–Trinajstić information content (AvgIpc) is 3.17. The number of thiophene rings is 1. The molecule has 0 spiro atoms. The van der Waals surface area contributed by atoms with Crippen LogP contribution in [0.2, 0.25) is 0 Å². The number of aryl methyl sites for hydroxylation is 1. The third-order valence-corrected chi connectivity index (χ3v) is 6.94. The van der Waals surface area contributed by atoms with Crippen molar-refractivity contribution in [2.75, 3.05) is 0 Å². The molecule has 0 bridgehead atoms. The van der Waals surface area contributed by atoms with Crippen LogP contribution < -0.4 is 4.72 Å². The Morgan fingerprint density at radius 1 is 1.04 bits per heavy atom.